The second kappa shape index (κ2) is 4.21. The highest BCUT2D eigenvalue weighted by atomic mass is 16.6. The molecule has 2 saturated heterocycles. The van der Waals surface area contributed by atoms with Gasteiger partial charge < -0.3 is 14.6 Å². The van der Waals surface area contributed by atoms with Crippen LogP contribution >= 0.6 is 0 Å². The van der Waals surface area contributed by atoms with Crippen LogP contribution in [0.15, 0.2) is 23.8 Å². The number of hydrogen-bond donors (Lipinski definition) is 1. The van der Waals surface area contributed by atoms with Gasteiger partial charge in [-0.2, -0.15) is 0 Å². The Hall–Kier alpha value is -1.13. The second-order valence-corrected chi connectivity index (χ2v) is 5.46. The lowest BCUT2D eigenvalue weighted by Crippen LogP contribution is -2.34. The Morgan fingerprint density at radius 3 is 3.00 bits per heavy atom. The van der Waals surface area contributed by atoms with Crippen LogP contribution in [-0.4, -0.2) is 35.5 Å². The van der Waals surface area contributed by atoms with Gasteiger partial charge in [-0.3, -0.25) is 0 Å². The van der Waals surface area contributed by atoms with E-state index in [9.17, 15) is 9.90 Å². The normalized spacial score (nSPS) is 46.6. The van der Waals surface area contributed by atoms with E-state index < -0.39 is 6.10 Å². The lowest BCUT2D eigenvalue weighted by molar-refractivity contribution is -0.139. The third kappa shape index (κ3) is 1.89. The van der Waals surface area contributed by atoms with Gasteiger partial charge in [-0.15, -0.1) is 0 Å². The van der Waals surface area contributed by atoms with Crippen molar-refractivity contribution in [2.45, 2.75) is 50.6 Å². The molecule has 0 bridgehead atoms. The molecule has 3 aliphatic rings. The molecule has 0 aromatic rings. The summed E-state index contributed by atoms with van der Waals surface area (Å²) in [6.45, 7) is 5.80. The summed E-state index contributed by atoms with van der Waals surface area (Å²) in [4.78, 5) is 11.6. The summed E-state index contributed by atoms with van der Waals surface area (Å²) in [6.07, 6.45) is 3.71. The molecule has 2 heterocycles. The Morgan fingerprint density at radius 1 is 1.44 bits per heavy atom. The summed E-state index contributed by atoms with van der Waals surface area (Å²) in [5.74, 6) is -0.706. The van der Waals surface area contributed by atoms with Crippen molar-refractivity contribution in [3.63, 3.8) is 0 Å². The maximum absolute atomic E-state index is 11.6. The molecule has 2 fully saturated rings. The summed E-state index contributed by atoms with van der Waals surface area (Å²) >= 11 is 0. The Labute approximate surface area is 106 Å². The molecular weight excluding hydrogens is 232 g/mol. The van der Waals surface area contributed by atoms with Crippen LogP contribution in [0.2, 0.25) is 0 Å². The molecule has 1 aliphatic carbocycles. The third-order valence-corrected chi connectivity index (χ3v) is 4.12. The van der Waals surface area contributed by atoms with Crippen molar-refractivity contribution in [2.75, 3.05) is 0 Å². The van der Waals surface area contributed by atoms with Crippen LogP contribution in [0.3, 0.4) is 0 Å². The molecule has 0 aromatic heterocycles. The van der Waals surface area contributed by atoms with Crippen molar-refractivity contribution < 1.29 is 19.4 Å². The number of hydrogen-bond acceptors (Lipinski definition) is 4. The van der Waals surface area contributed by atoms with Crippen LogP contribution < -0.4 is 0 Å². The van der Waals surface area contributed by atoms with Crippen LogP contribution in [0.4, 0.5) is 0 Å². The highest BCUT2D eigenvalue weighted by Crippen LogP contribution is 2.41. The Bertz CT molecular complexity index is 426. The van der Waals surface area contributed by atoms with Gasteiger partial charge in [0.1, 0.15) is 12.2 Å². The van der Waals surface area contributed by atoms with Gasteiger partial charge in [0.15, 0.2) is 0 Å². The van der Waals surface area contributed by atoms with Gasteiger partial charge in [0.2, 0.25) is 0 Å². The fourth-order valence-electron chi connectivity index (χ4n) is 3.03. The number of carbonyl (C=O) groups is 1. The van der Waals surface area contributed by atoms with Gasteiger partial charge in [-0.05, 0) is 19.8 Å². The first-order valence-corrected chi connectivity index (χ1v) is 6.47. The predicted molar refractivity (Wildman–Crippen MR) is 64.8 cm³/mol. The van der Waals surface area contributed by atoms with Crippen LogP contribution in [0, 0.1) is 5.92 Å². The lowest BCUT2D eigenvalue weighted by Gasteiger charge is -2.22. The largest absolute Gasteiger partial charge is 0.458 e. The number of allylic oxidation sites excluding steroid dienone is 1. The van der Waals surface area contributed by atoms with Crippen molar-refractivity contribution in [2.24, 2.45) is 5.92 Å². The van der Waals surface area contributed by atoms with Crippen LogP contribution in [-0.2, 0) is 14.3 Å². The van der Waals surface area contributed by atoms with Gasteiger partial charge in [-0.1, -0.05) is 18.2 Å². The monoisotopic (exact) mass is 250 g/mol. The smallest absolute Gasteiger partial charge is 0.334 e. The van der Waals surface area contributed by atoms with E-state index in [1.807, 2.05) is 6.92 Å². The first-order chi connectivity index (χ1) is 8.58. The van der Waals surface area contributed by atoms with Crippen LogP contribution in [0.25, 0.3) is 0 Å². The molecule has 5 atom stereocenters. The molecule has 0 spiro atoms. The number of epoxide rings is 1. The van der Waals surface area contributed by atoms with Crippen molar-refractivity contribution in [3.05, 3.63) is 23.8 Å². The van der Waals surface area contributed by atoms with E-state index in [0.29, 0.717) is 12.0 Å². The fraction of sp³-hybridized carbons (Fsp3) is 0.643. The van der Waals surface area contributed by atoms with Crippen molar-refractivity contribution in [1.29, 1.82) is 0 Å². The zero-order valence-electron chi connectivity index (χ0n) is 10.5. The number of ether oxygens (including phenoxy) is 2. The molecule has 0 saturated carbocycles. The van der Waals surface area contributed by atoms with Crippen LogP contribution in [0.5, 0.6) is 0 Å². The SMILES string of the molecule is C=C1C(=O)OC2C/C(C)=C/CCC3OC3[C@H](O)[C@H]12. The molecule has 4 heteroatoms. The maximum Gasteiger partial charge on any atom is 0.334 e. The average Bonchev–Trinajstić information content (AvgIpc) is 3.01. The first kappa shape index (κ1) is 11.9. The van der Waals surface area contributed by atoms with E-state index in [1.54, 1.807) is 0 Å². The summed E-state index contributed by atoms with van der Waals surface area (Å²) < 4.78 is 10.8. The standard InChI is InChI=1S/C14H18O4/c1-7-4-3-5-9-13(17-9)12(15)11-8(2)14(16)18-10(11)6-7/h4,9-13,15H,2-3,5-6H2,1H3/b7-4+/t9?,10?,11-,12-,13?/m1/s1. The fourth-order valence-corrected chi connectivity index (χ4v) is 3.03. The summed E-state index contributed by atoms with van der Waals surface area (Å²) in [5, 5.41) is 10.3. The molecule has 3 unspecified atom stereocenters. The Morgan fingerprint density at radius 2 is 2.22 bits per heavy atom. The molecule has 18 heavy (non-hydrogen) atoms. The molecule has 4 nitrogen and oxygen atoms in total. The second-order valence-electron chi connectivity index (χ2n) is 5.46. The number of aliphatic hydroxyl groups is 1. The highest BCUT2D eigenvalue weighted by Gasteiger charge is 2.53. The predicted octanol–water partition coefficient (Wildman–Crippen LogP) is 1.34. The number of esters is 1. The van der Waals surface area contributed by atoms with Gasteiger partial charge in [0, 0.05) is 12.0 Å². The van der Waals surface area contributed by atoms with Gasteiger partial charge >= 0.3 is 5.97 Å². The van der Waals surface area contributed by atoms with Crippen molar-refractivity contribution in [3.8, 4) is 0 Å². The van der Waals surface area contributed by atoms with Gasteiger partial charge in [0.05, 0.1) is 18.1 Å². The maximum atomic E-state index is 11.6. The van der Waals surface area contributed by atoms with Crippen molar-refractivity contribution >= 4 is 5.97 Å². The van der Waals surface area contributed by atoms with E-state index in [0.717, 1.165) is 12.8 Å². The average molecular weight is 250 g/mol. The van der Waals surface area contributed by atoms with E-state index in [1.165, 1.54) is 5.57 Å². The minimum atomic E-state index is -0.676. The van der Waals surface area contributed by atoms with E-state index in [-0.39, 0.29) is 30.2 Å². The van der Waals surface area contributed by atoms with E-state index in [2.05, 4.69) is 12.7 Å². The Balaban J connectivity index is 1.89. The number of carbonyl (C=O) groups excluding carboxylic acids is 1. The number of fused-ring (bicyclic) bond motifs is 2. The zero-order chi connectivity index (χ0) is 12.9. The highest BCUT2D eigenvalue weighted by molar-refractivity contribution is 5.91. The van der Waals surface area contributed by atoms with Gasteiger partial charge in [0.25, 0.3) is 0 Å². The minimum Gasteiger partial charge on any atom is -0.458 e. The topological polar surface area (TPSA) is 59.1 Å². The van der Waals surface area contributed by atoms with Gasteiger partial charge in [-0.25, -0.2) is 4.79 Å². The Kier molecular flexibility index (Phi) is 2.79. The van der Waals surface area contributed by atoms with Crippen LogP contribution in [0.1, 0.15) is 26.2 Å². The summed E-state index contributed by atoms with van der Waals surface area (Å²) in [6, 6.07) is 0. The molecule has 1 N–H and O–H groups in total. The summed E-state index contributed by atoms with van der Waals surface area (Å²) in [5.41, 5.74) is 1.58. The molecular formula is C14H18O4. The molecule has 0 radical (unpaired) electrons. The quantitative estimate of drug-likeness (QED) is 0.305. The van der Waals surface area contributed by atoms with Crippen molar-refractivity contribution in [1.82, 2.24) is 0 Å². The molecule has 0 amide bonds. The first-order valence-electron chi connectivity index (χ1n) is 6.47. The molecule has 2 aliphatic heterocycles. The minimum absolute atomic E-state index is 0.117. The molecule has 0 aromatic carbocycles. The number of aliphatic hydroxyl groups excluding tert-OH is 1. The summed E-state index contributed by atoms with van der Waals surface area (Å²) in [7, 11) is 0. The number of rotatable bonds is 0. The third-order valence-electron chi connectivity index (χ3n) is 4.12. The molecule has 98 valence electrons. The van der Waals surface area contributed by atoms with E-state index >= 15 is 0 Å². The molecule has 3 rings (SSSR count). The van der Waals surface area contributed by atoms with E-state index in [4.69, 9.17) is 9.47 Å². The zero-order valence-corrected chi connectivity index (χ0v) is 10.5. The lowest BCUT2D eigenvalue weighted by atomic mass is 9.84.